The number of nitrogens with one attached hydrogen (secondary N) is 1. The number of likely N-dealkylation sites (N-methyl/N-ethyl adjacent to an activating group) is 1. The van der Waals surface area contributed by atoms with Gasteiger partial charge in [-0.25, -0.2) is 0 Å². The Morgan fingerprint density at radius 3 is 2.81 bits per heavy atom. The fourth-order valence-corrected chi connectivity index (χ4v) is 2.38. The normalized spacial score (nSPS) is 17.9. The summed E-state index contributed by atoms with van der Waals surface area (Å²) in [5.41, 5.74) is 0.751. The van der Waals surface area contributed by atoms with Crippen molar-refractivity contribution < 1.29 is 19.1 Å². The Bertz CT molecular complexity index is 603. The molecular weight excluding hydrogens is 296 g/mol. The van der Waals surface area contributed by atoms with Crippen LogP contribution in [0.15, 0.2) is 18.2 Å². The van der Waals surface area contributed by atoms with Crippen molar-refractivity contribution in [2.24, 2.45) is 0 Å². The number of carbonyl (C=O) groups is 3. The predicted octanol–water partition coefficient (Wildman–Crippen LogP) is 1.69. The number of halogens is 1. The molecule has 7 heteroatoms. The van der Waals surface area contributed by atoms with Gasteiger partial charge in [-0.1, -0.05) is 11.6 Å². The van der Waals surface area contributed by atoms with Gasteiger partial charge in [0.15, 0.2) is 0 Å². The summed E-state index contributed by atoms with van der Waals surface area (Å²) in [5, 5.41) is 3.11. The first-order chi connectivity index (χ1) is 9.93. The molecule has 1 aromatic carbocycles. The lowest BCUT2D eigenvalue weighted by Gasteiger charge is -2.23. The average Bonchev–Trinajstić information content (AvgIpc) is 2.53. The second-order valence-corrected chi connectivity index (χ2v) is 5.16. The third-order valence-electron chi connectivity index (χ3n) is 3.41. The van der Waals surface area contributed by atoms with Gasteiger partial charge in [0.2, 0.25) is 5.91 Å². The lowest BCUT2D eigenvalue weighted by molar-refractivity contribution is -0.141. The van der Waals surface area contributed by atoms with E-state index in [0.717, 1.165) is 0 Å². The minimum atomic E-state index is -0.734. The molecule has 1 aromatic rings. The maximum Gasteiger partial charge on any atom is 0.305 e. The van der Waals surface area contributed by atoms with E-state index in [9.17, 15) is 14.4 Å². The van der Waals surface area contributed by atoms with Gasteiger partial charge in [0.05, 0.1) is 18.4 Å². The van der Waals surface area contributed by atoms with Crippen molar-refractivity contribution in [1.29, 1.82) is 0 Å². The van der Waals surface area contributed by atoms with Crippen LogP contribution in [-0.2, 0) is 14.3 Å². The summed E-state index contributed by atoms with van der Waals surface area (Å²) in [4.78, 5) is 37.2. The maximum absolute atomic E-state index is 12.4. The van der Waals surface area contributed by atoms with Crippen molar-refractivity contribution >= 4 is 35.1 Å². The molecule has 2 amide bonds. The van der Waals surface area contributed by atoms with E-state index < -0.39 is 12.0 Å². The summed E-state index contributed by atoms with van der Waals surface area (Å²) in [6.07, 6.45) is 0.256. The summed E-state index contributed by atoms with van der Waals surface area (Å²) in [6, 6.07) is 3.96. The van der Waals surface area contributed by atoms with Gasteiger partial charge in [0.1, 0.15) is 6.04 Å². The molecule has 0 spiro atoms. The third-order valence-corrected chi connectivity index (χ3v) is 3.65. The summed E-state index contributed by atoms with van der Waals surface area (Å²) in [7, 11) is 2.82. The Balaban J connectivity index is 2.27. The highest BCUT2D eigenvalue weighted by Crippen LogP contribution is 2.26. The quantitative estimate of drug-likeness (QED) is 0.862. The van der Waals surface area contributed by atoms with E-state index in [1.807, 2.05) is 0 Å². The Hall–Kier alpha value is -2.08. The van der Waals surface area contributed by atoms with Crippen molar-refractivity contribution in [3.63, 3.8) is 0 Å². The zero-order valence-corrected chi connectivity index (χ0v) is 12.4. The van der Waals surface area contributed by atoms with Crippen LogP contribution in [-0.4, -0.2) is 42.9 Å². The number of amides is 2. The first-order valence-corrected chi connectivity index (χ1v) is 6.76. The van der Waals surface area contributed by atoms with Crippen molar-refractivity contribution in [3.8, 4) is 0 Å². The van der Waals surface area contributed by atoms with Crippen molar-refractivity contribution in [3.05, 3.63) is 28.8 Å². The van der Waals surface area contributed by atoms with E-state index >= 15 is 0 Å². The van der Waals surface area contributed by atoms with Gasteiger partial charge in [-0.05, 0) is 24.6 Å². The molecule has 6 nitrogen and oxygen atoms in total. The summed E-state index contributed by atoms with van der Waals surface area (Å²) < 4.78 is 4.56. The molecule has 0 bridgehead atoms. The smallest absolute Gasteiger partial charge is 0.305 e. The van der Waals surface area contributed by atoms with E-state index in [1.165, 1.54) is 25.1 Å². The molecule has 1 N–H and O–H groups in total. The van der Waals surface area contributed by atoms with Gasteiger partial charge in [0, 0.05) is 18.5 Å². The summed E-state index contributed by atoms with van der Waals surface area (Å²) in [6.45, 7) is 0. The summed E-state index contributed by atoms with van der Waals surface area (Å²) in [5.74, 6) is -1.07. The minimum absolute atomic E-state index is 0.0588. The van der Waals surface area contributed by atoms with Gasteiger partial charge >= 0.3 is 5.97 Å². The number of ether oxygens (including phenoxy) is 1. The molecule has 0 radical (unpaired) electrons. The molecular formula is C14H15ClN2O4. The number of benzene rings is 1. The van der Waals surface area contributed by atoms with Crippen molar-refractivity contribution in [2.75, 3.05) is 19.5 Å². The number of methoxy groups -OCH3 is 1. The minimum Gasteiger partial charge on any atom is -0.469 e. The first-order valence-electron chi connectivity index (χ1n) is 6.38. The molecule has 0 saturated carbocycles. The molecule has 0 fully saturated rings. The van der Waals surface area contributed by atoms with Crippen LogP contribution in [0.25, 0.3) is 0 Å². The van der Waals surface area contributed by atoms with Gasteiger partial charge < -0.3 is 15.0 Å². The van der Waals surface area contributed by atoms with Crippen molar-refractivity contribution in [2.45, 2.75) is 18.9 Å². The largest absolute Gasteiger partial charge is 0.469 e. The van der Waals surface area contributed by atoms with Crippen LogP contribution in [0.1, 0.15) is 23.2 Å². The zero-order valence-electron chi connectivity index (χ0n) is 11.7. The Labute approximate surface area is 127 Å². The highest BCUT2D eigenvalue weighted by atomic mass is 35.5. The van der Waals surface area contributed by atoms with Crippen LogP contribution in [0.2, 0.25) is 5.02 Å². The Morgan fingerprint density at radius 1 is 1.43 bits per heavy atom. The van der Waals surface area contributed by atoms with E-state index in [-0.39, 0.29) is 24.7 Å². The maximum atomic E-state index is 12.4. The molecule has 1 atom stereocenters. The van der Waals surface area contributed by atoms with Crippen LogP contribution in [0.3, 0.4) is 0 Å². The number of rotatable bonds is 3. The monoisotopic (exact) mass is 310 g/mol. The fraction of sp³-hybridized carbons (Fsp3) is 0.357. The third kappa shape index (κ3) is 3.16. The standard InChI is InChI=1S/C14H15ClN2O4/c1-17-11(5-6-12(18)21-2)13(19)16-10-7-8(15)3-4-9(10)14(17)20/h3-4,7,11H,5-6H2,1-2H3,(H,16,19)/t11-/m1/s1. The van der Waals surface area contributed by atoms with Crippen LogP contribution in [0, 0.1) is 0 Å². The molecule has 1 aliphatic rings. The molecule has 0 unspecified atom stereocenters. The number of fused-ring (bicyclic) bond motifs is 1. The SMILES string of the molecule is COC(=O)CC[C@@H]1C(=O)Nc2cc(Cl)ccc2C(=O)N1C. The fourth-order valence-electron chi connectivity index (χ4n) is 2.21. The lowest BCUT2D eigenvalue weighted by atomic mass is 10.1. The number of anilines is 1. The van der Waals surface area contributed by atoms with E-state index in [0.29, 0.717) is 16.3 Å². The van der Waals surface area contributed by atoms with Gasteiger partial charge in [0.25, 0.3) is 5.91 Å². The first kappa shape index (κ1) is 15.3. The Morgan fingerprint density at radius 2 is 2.14 bits per heavy atom. The summed E-state index contributed by atoms with van der Waals surface area (Å²) >= 11 is 5.88. The molecule has 21 heavy (non-hydrogen) atoms. The molecule has 2 rings (SSSR count). The van der Waals surface area contributed by atoms with Crippen LogP contribution < -0.4 is 5.32 Å². The van der Waals surface area contributed by atoms with Gasteiger partial charge in [-0.15, -0.1) is 0 Å². The van der Waals surface area contributed by atoms with Crippen LogP contribution >= 0.6 is 11.6 Å². The number of carbonyl (C=O) groups excluding carboxylic acids is 3. The number of esters is 1. The highest BCUT2D eigenvalue weighted by molar-refractivity contribution is 6.31. The molecule has 0 aromatic heterocycles. The number of nitrogens with zero attached hydrogens (tertiary/aromatic N) is 1. The van der Waals surface area contributed by atoms with Crippen LogP contribution in [0.5, 0.6) is 0 Å². The Kier molecular flexibility index (Phi) is 4.47. The van der Waals surface area contributed by atoms with E-state index in [2.05, 4.69) is 10.1 Å². The second kappa shape index (κ2) is 6.13. The molecule has 0 aliphatic carbocycles. The average molecular weight is 311 g/mol. The van der Waals surface area contributed by atoms with E-state index in [1.54, 1.807) is 12.1 Å². The van der Waals surface area contributed by atoms with E-state index in [4.69, 9.17) is 11.6 Å². The highest BCUT2D eigenvalue weighted by Gasteiger charge is 2.33. The topological polar surface area (TPSA) is 75.7 Å². The molecule has 112 valence electrons. The van der Waals surface area contributed by atoms with Gasteiger partial charge in [-0.2, -0.15) is 0 Å². The molecule has 0 saturated heterocycles. The molecule has 1 aliphatic heterocycles. The number of hydrogen-bond acceptors (Lipinski definition) is 4. The number of hydrogen-bond donors (Lipinski definition) is 1. The molecule has 1 heterocycles. The lowest BCUT2D eigenvalue weighted by Crippen LogP contribution is -2.42. The van der Waals surface area contributed by atoms with Gasteiger partial charge in [-0.3, -0.25) is 14.4 Å². The zero-order chi connectivity index (χ0) is 15.6. The second-order valence-electron chi connectivity index (χ2n) is 4.73. The van der Waals surface area contributed by atoms with Crippen molar-refractivity contribution in [1.82, 2.24) is 4.90 Å². The van der Waals surface area contributed by atoms with Crippen LogP contribution in [0.4, 0.5) is 5.69 Å². The predicted molar refractivity (Wildman–Crippen MR) is 77.2 cm³/mol.